The van der Waals surface area contributed by atoms with Crippen LogP contribution in [-0.4, -0.2) is 64.2 Å². The number of hydrogen-bond acceptors (Lipinski definition) is 6. The zero-order valence-electron chi connectivity index (χ0n) is 16.3. The highest BCUT2D eigenvalue weighted by Crippen LogP contribution is 2.31. The fraction of sp³-hybridized carbons (Fsp3) is 0.526. The van der Waals surface area contributed by atoms with Gasteiger partial charge in [-0.1, -0.05) is 6.42 Å². The summed E-state index contributed by atoms with van der Waals surface area (Å²) in [4.78, 5) is 29.7. The third-order valence-electron chi connectivity index (χ3n) is 5.25. The lowest BCUT2D eigenvalue weighted by atomic mass is 10.0. The molecule has 0 unspecified atom stereocenters. The number of anilines is 1. The van der Waals surface area contributed by atoms with Gasteiger partial charge in [0.2, 0.25) is 0 Å². The number of nitrogens with zero attached hydrogens (tertiary/aromatic N) is 4. The molecule has 9 heteroatoms. The molecule has 152 valence electrons. The molecule has 4 rings (SSSR count). The Hall–Kier alpha value is -1.77. The van der Waals surface area contributed by atoms with E-state index in [1.807, 2.05) is 31.3 Å². The Kier molecular flexibility index (Phi) is 6.85. The molecule has 0 radical (unpaired) electrons. The van der Waals surface area contributed by atoms with Crippen molar-refractivity contribution >= 4 is 46.9 Å². The van der Waals surface area contributed by atoms with Gasteiger partial charge < -0.3 is 20.1 Å². The Labute approximate surface area is 175 Å². The largest absolute Gasteiger partial charge is 0.346 e. The number of amides is 1. The number of fused-ring (bicyclic) bond motifs is 1. The lowest BCUT2D eigenvalue weighted by Gasteiger charge is -2.30. The molecular weight excluding hydrogens is 396 g/mol. The number of carbonyl (C=O) groups excluding carboxylic acids is 1. The van der Waals surface area contributed by atoms with Crippen LogP contribution in [0.4, 0.5) is 5.82 Å². The van der Waals surface area contributed by atoms with Crippen molar-refractivity contribution in [3.63, 3.8) is 0 Å². The molecule has 0 saturated carbocycles. The highest BCUT2D eigenvalue weighted by Gasteiger charge is 2.25. The lowest BCUT2D eigenvalue weighted by Crippen LogP contribution is -2.44. The molecule has 2 aromatic rings. The molecule has 2 aliphatic heterocycles. The maximum atomic E-state index is 13.0. The van der Waals surface area contributed by atoms with Crippen molar-refractivity contribution in [2.45, 2.75) is 32.2 Å². The van der Waals surface area contributed by atoms with E-state index in [9.17, 15) is 4.79 Å². The van der Waals surface area contributed by atoms with Crippen molar-refractivity contribution in [3.05, 3.63) is 29.2 Å². The van der Waals surface area contributed by atoms with Crippen molar-refractivity contribution in [2.24, 2.45) is 0 Å². The Morgan fingerprint density at radius 1 is 1.39 bits per heavy atom. The molecule has 4 heterocycles. The van der Waals surface area contributed by atoms with Crippen LogP contribution in [0.25, 0.3) is 11.0 Å². The molecule has 0 aromatic carbocycles. The summed E-state index contributed by atoms with van der Waals surface area (Å²) in [7, 11) is 1.90. The number of aryl methyl sites for hydroxylation is 1. The highest BCUT2D eigenvalue weighted by atomic mass is 35.5. The Balaban J connectivity index is 0.00000225. The minimum absolute atomic E-state index is 0. The van der Waals surface area contributed by atoms with Gasteiger partial charge in [-0.3, -0.25) is 4.79 Å². The maximum absolute atomic E-state index is 13.0. The van der Waals surface area contributed by atoms with E-state index in [1.165, 1.54) is 12.8 Å². The van der Waals surface area contributed by atoms with Crippen molar-refractivity contribution in [1.29, 1.82) is 0 Å². The number of halogens is 1. The molecule has 1 fully saturated rings. The van der Waals surface area contributed by atoms with Gasteiger partial charge in [0, 0.05) is 44.3 Å². The zero-order valence-corrected chi connectivity index (χ0v) is 17.9. The standard InChI is InChI=1S/C19H26N6OS.ClH/c1-13-9-21-17-16(13)18(23-12-22-17)25-7-8-27-15(11-25)19(26)24(2)10-14-5-3-4-6-20-14;/h9,11-12,14,20H,3-8,10H2,1-2H3,(H,21,22,23);1H/t14-;/m0./s1. The molecule has 1 amide bonds. The van der Waals surface area contributed by atoms with E-state index < -0.39 is 0 Å². The lowest BCUT2D eigenvalue weighted by molar-refractivity contribution is -0.125. The van der Waals surface area contributed by atoms with Crippen LogP contribution in [0.5, 0.6) is 0 Å². The van der Waals surface area contributed by atoms with Gasteiger partial charge in [0.15, 0.2) is 0 Å². The minimum atomic E-state index is 0. The molecule has 2 aliphatic rings. The average Bonchev–Trinajstić information content (AvgIpc) is 3.09. The van der Waals surface area contributed by atoms with Crippen LogP contribution in [-0.2, 0) is 4.79 Å². The van der Waals surface area contributed by atoms with E-state index in [2.05, 4.69) is 25.2 Å². The molecule has 0 bridgehead atoms. The van der Waals surface area contributed by atoms with Crippen LogP contribution in [0.15, 0.2) is 23.6 Å². The predicted molar refractivity (Wildman–Crippen MR) is 117 cm³/mol. The van der Waals surface area contributed by atoms with E-state index in [0.29, 0.717) is 6.04 Å². The number of carbonyl (C=O) groups is 1. The number of nitrogens with one attached hydrogen (secondary N) is 2. The fourth-order valence-corrected chi connectivity index (χ4v) is 4.77. The quantitative estimate of drug-likeness (QED) is 0.788. The number of hydrogen-bond donors (Lipinski definition) is 2. The molecule has 7 nitrogen and oxygen atoms in total. The number of aromatic nitrogens is 3. The second-order valence-electron chi connectivity index (χ2n) is 7.26. The molecular formula is C19H27ClN6OS. The Bertz CT molecular complexity index is 863. The highest BCUT2D eigenvalue weighted by molar-refractivity contribution is 8.04. The number of likely N-dealkylation sites (N-methyl/N-ethyl adjacent to an activating group) is 1. The Morgan fingerprint density at radius 2 is 2.25 bits per heavy atom. The van der Waals surface area contributed by atoms with Crippen LogP contribution >= 0.6 is 24.2 Å². The second kappa shape index (κ2) is 9.15. The minimum Gasteiger partial charge on any atom is -0.346 e. The topological polar surface area (TPSA) is 77.2 Å². The summed E-state index contributed by atoms with van der Waals surface area (Å²) in [6.07, 6.45) is 9.09. The number of thioether (sulfide) groups is 1. The summed E-state index contributed by atoms with van der Waals surface area (Å²) in [5.74, 6) is 1.82. The van der Waals surface area contributed by atoms with Crippen molar-refractivity contribution in [1.82, 2.24) is 25.2 Å². The van der Waals surface area contributed by atoms with Crippen LogP contribution in [0.1, 0.15) is 24.8 Å². The zero-order chi connectivity index (χ0) is 18.8. The Morgan fingerprint density at radius 3 is 3.04 bits per heavy atom. The molecule has 2 N–H and O–H groups in total. The number of rotatable bonds is 4. The summed E-state index contributed by atoms with van der Waals surface area (Å²) in [6, 6.07) is 0.405. The molecule has 28 heavy (non-hydrogen) atoms. The van der Waals surface area contributed by atoms with Crippen molar-refractivity contribution < 1.29 is 4.79 Å². The summed E-state index contributed by atoms with van der Waals surface area (Å²) < 4.78 is 0. The molecule has 0 spiro atoms. The van der Waals surface area contributed by atoms with E-state index in [1.54, 1.807) is 18.1 Å². The first-order chi connectivity index (χ1) is 13.1. The second-order valence-corrected chi connectivity index (χ2v) is 8.40. The first-order valence-electron chi connectivity index (χ1n) is 9.52. The fourth-order valence-electron chi connectivity index (χ4n) is 3.78. The normalized spacial score (nSPS) is 19.9. The van der Waals surface area contributed by atoms with Gasteiger partial charge in [0.05, 0.1) is 10.3 Å². The summed E-state index contributed by atoms with van der Waals surface area (Å²) in [6.45, 7) is 4.68. The van der Waals surface area contributed by atoms with Crippen molar-refractivity contribution in [3.8, 4) is 0 Å². The monoisotopic (exact) mass is 422 g/mol. The van der Waals surface area contributed by atoms with Crippen LogP contribution < -0.4 is 10.2 Å². The van der Waals surface area contributed by atoms with Gasteiger partial charge in [0.1, 0.15) is 17.8 Å². The first-order valence-corrected chi connectivity index (χ1v) is 10.5. The third-order valence-corrected chi connectivity index (χ3v) is 6.22. The summed E-state index contributed by atoms with van der Waals surface area (Å²) >= 11 is 1.63. The van der Waals surface area contributed by atoms with Crippen LogP contribution in [0, 0.1) is 6.92 Å². The molecule has 1 saturated heterocycles. The first kappa shape index (κ1) is 21.0. The number of H-pyrrole nitrogens is 1. The summed E-state index contributed by atoms with van der Waals surface area (Å²) in [5, 5.41) is 4.54. The van der Waals surface area contributed by atoms with Gasteiger partial charge in [-0.2, -0.15) is 0 Å². The maximum Gasteiger partial charge on any atom is 0.261 e. The van der Waals surface area contributed by atoms with Gasteiger partial charge in [-0.15, -0.1) is 24.2 Å². The average molecular weight is 423 g/mol. The van der Waals surface area contributed by atoms with Crippen LogP contribution in [0.2, 0.25) is 0 Å². The van der Waals surface area contributed by atoms with Crippen molar-refractivity contribution in [2.75, 3.05) is 37.3 Å². The SMILES string of the molecule is Cc1c[nH]c2ncnc(N3C=C(C(=O)N(C)C[C@@H]4CCCCN4)SCC3)c12.Cl. The van der Waals surface area contributed by atoms with E-state index in [-0.39, 0.29) is 18.3 Å². The van der Waals surface area contributed by atoms with E-state index in [4.69, 9.17) is 0 Å². The smallest absolute Gasteiger partial charge is 0.261 e. The van der Waals surface area contributed by atoms with E-state index >= 15 is 0 Å². The summed E-state index contributed by atoms with van der Waals surface area (Å²) in [5.41, 5.74) is 1.94. The molecule has 2 aromatic heterocycles. The third kappa shape index (κ3) is 4.29. The number of aromatic amines is 1. The van der Waals surface area contributed by atoms with Gasteiger partial charge in [0.25, 0.3) is 5.91 Å². The van der Waals surface area contributed by atoms with Crippen LogP contribution in [0.3, 0.4) is 0 Å². The molecule has 0 aliphatic carbocycles. The molecule has 1 atom stereocenters. The van der Waals surface area contributed by atoms with Gasteiger partial charge in [-0.25, -0.2) is 9.97 Å². The number of piperidine rings is 1. The predicted octanol–water partition coefficient (Wildman–Crippen LogP) is 2.68. The van der Waals surface area contributed by atoms with Gasteiger partial charge >= 0.3 is 0 Å². The van der Waals surface area contributed by atoms with Gasteiger partial charge in [-0.05, 0) is 31.9 Å². The van der Waals surface area contributed by atoms with E-state index in [0.717, 1.165) is 59.1 Å².